The van der Waals surface area contributed by atoms with Gasteiger partial charge in [0.25, 0.3) is 5.56 Å². The SMILES string of the molecule is Cc1cc(-c2cc(Cl)nc(Oc3ccc(F)cc3F)n2)cn(C)c1=O. The molecule has 2 aromatic heterocycles. The molecule has 3 aromatic rings. The fourth-order valence-corrected chi connectivity index (χ4v) is 2.44. The standard InChI is InChI=1S/C17H12ClF2N3O2/c1-9-5-10(8-23(2)16(9)24)13-7-15(18)22-17(21-13)25-14-4-3-11(19)6-12(14)20/h3-8H,1-2H3. The first-order valence-corrected chi connectivity index (χ1v) is 7.56. The molecule has 0 saturated carbocycles. The summed E-state index contributed by atoms with van der Waals surface area (Å²) >= 11 is 5.99. The maximum atomic E-state index is 13.7. The van der Waals surface area contributed by atoms with Crippen molar-refractivity contribution in [1.82, 2.24) is 14.5 Å². The third-order valence-electron chi connectivity index (χ3n) is 3.43. The lowest BCUT2D eigenvalue weighted by Crippen LogP contribution is -2.18. The predicted molar refractivity (Wildman–Crippen MR) is 88.9 cm³/mol. The van der Waals surface area contributed by atoms with E-state index in [-0.39, 0.29) is 22.5 Å². The molecule has 5 nitrogen and oxygen atoms in total. The molecule has 0 spiro atoms. The summed E-state index contributed by atoms with van der Waals surface area (Å²) in [5.41, 5.74) is 1.42. The van der Waals surface area contributed by atoms with Gasteiger partial charge in [-0.25, -0.2) is 8.78 Å². The summed E-state index contributed by atoms with van der Waals surface area (Å²) in [5.74, 6) is -1.84. The lowest BCUT2D eigenvalue weighted by atomic mass is 10.1. The van der Waals surface area contributed by atoms with Gasteiger partial charge in [0.05, 0.1) is 5.69 Å². The number of hydrogen-bond acceptors (Lipinski definition) is 4. The molecule has 0 unspecified atom stereocenters. The second-order valence-electron chi connectivity index (χ2n) is 5.36. The fraction of sp³-hybridized carbons (Fsp3) is 0.118. The van der Waals surface area contributed by atoms with Crippen molar-refractivity contribution in [1.29, 1.82) is 0 Å². The molecule has 0 bridgehead atoms. The molecule has 1 aromatic carbocycles. The van der Waals surface area contributed by atoms with E-state index < -0.39 is 11.6 Å². The third kappa shape index (κ3) is 3.66. The predicted octanol–water partition coefficient (Wildman–Crippen LogP) is 3.87. The number of aromatic nitrogens is 3. The number of nitrogens with zero attached hydrogens (tertiary/aromatic N) is 3. The summed E-state index contributed by atoms with van der Waals surface area (Å²) < 4.78 is 33.4. The van der Waals surface area contributed by atoms with Crippen molar-refractivity contribution in [2.75, 3.05) is 0 Å². The minimum atomic E-state index is -0.886. The van der Waals surface area contributed by atoms with Crippen LogP contribution in [0.4, 0.5) is 8.78 Å². The van der Waals surface area contributed by atoms with Crippen molar-refractivity contribution in [3.63, 3.8) is 0 Å². The van der Waals surface area contributed by atoms with Gasteiger partial charge in [-0.05, 0) is 25.1 Å². The summed E-state index contributed by atoms with van der Waals surface area (Å²) in [6.07, 6.45) is 1.59. The molecule has 0 N–H and O–H groups in total. The van der Waals surface area contributed by atoms with Crippen molar-refractivity contribution in [2.24, 2.45) is 7.05 Å². The van der Waals surface area contributed by atoms with Gasteiger partial charge in [0.15, 0.2) is 11.6 Å². The molecule has 2 heterocycles. The highest BCUT2D eigenvalue weighted by molar-refractivity contribution is 6.29. The van der Waals surface area contributed by atoms with Crippen molar-refractivity contribution in [3.8, 4) is 23.0 Å². The van der Waals surface area contributed by atoms with Crippen LogP contribution in [0.5, 0.6) is 11.8 Å². The smallest absolute Gasteiger partial charge is 0.324 e. The van der Waals surface area contributed by atoms with Crippen LogP contribution in [0.2, 0.25) is 5.15 Å². The Morgan fingerprint density at radius 3 is 2.60 bits per heavy atom. The maximum absolute atomic E-state index is 13.7. The number of pyridine rings is 1. The Kier molecular flexibility index (Phi) is 4.50. The molecule has 3 rings (SSSR count). The molecule has 0 aliphatic rings. The van der Waals surface area contributed by atoms with Crippen LogP contribution < -0.4 is 10.3 Å². The van der Waals surface area contributed by atoms with E-state index in [2.05, 4.69) is 9.97 Å². The lowest BCUT2D eigenvalue weighted by molar-refractivity contribution is 0.408. The molecule has 0 amide bonds. The molecular formula is C17H12ClF2N3O2. The zero-order valence-electron chi connectivity index (χ0n) is 13.3. The molecular weight excluding hydrogens is 352 g/mol. The van der Waals surface area contributed by atoms with Crippen LogP contribution in [0, 0.1) is 18.6 Å². The highest BCUT2D eigenvalue weighted by Gasteiger charge is 2.12. The van der Waals surface area contributed by atoms with Gasteiger partial charge < -0.3 is 9.30 Å². The van der Waals surface area contributed by atoms with Crippen LogP contribution in [0.25, 0.3) is 11.3 Å². The van der Waals surface area contributed by atoms with E-state index in [1.807, 2.05) is 0 Å². The van der Waals surface area contributed by atoms with Crippen molar-refractivity contribution in [2.45, 2.75) is 6.92 Å². The normalized spacial score (nSPS) is 10.8. The topological polar surface area (TPSA) is 57.0 Å². The first-order chi connectivity index (χ1) is 11.8. The van der Waals surface area contributed by atoms with Crippen LogP contribution in [-0.2, 0) is 7.05 Å². The number of benzene rings is 1. The monoisotopic (exact) mass is 363 g/mol. The summed E-state index contributed by atoms with van der Waals surface area (Å²) in [4.78, 5) is 19.9. The summed E-state index contributed by atoms with van der Waals surface area (Å²) in [7, 11) is 1.62. The number of aryl methyl sites for hydroxylation is 2. The van der Waals surface area contributed by atoms with Gasteiger partial charge in [0.2, 0.25) is 0 Å². The molecule has 0 saturated heterocycles. The Labute approximate surface area is 146 Å². The van der Waals surface area contributed by atoms with Gasteiger partial charge >= 0.3 is 6.01 Å². The number of rotatable bonds is 3. The molecule has 0 radical (unpaired) electrons. The van der Waals surface area contributed by atoms with Gasteiger partial charge in [0, 0.05) is 36.5 Å². The lowest BCUT2D eigenvalue weighted by Gasteiger charge is -2.09. The summed E-state index contributed by atoms with van der Waals surface area (Å²) in [5, 5.41) is 0.0778. The van der Waals surface area contributed by atoms with Gasteiger partial charge in [-0.1, -0.05) is 11.6 Å². The minimum Gasteiger partial charge on any atom is -0.421 e. The van der Waals surface area contributed by atoms with E-state index in [9.17, 15) is 13.6 Å². The second kappa shape index (κ2) is 6.60. The molecule has 25 heavy (non-hydrogen) atoms. The van der Waals surface area contributed by atoms with E-state index >= 15 is 0 Å². The van der Waals surface area contributed by atoms with Gasteiger partial charge in [-0.2, -0.15) is 9.97 Å². The Balaban J connectivity index is 2.02. The Morgan fingerprint density at radius 2 is 1.92 bits per heavy atom. The van der Waals surface area contributed by atoms with Crippen molar-refractivity contribution >= 4 is 11.6 Å². The maximum Gasteiger partial charge on any atom is 0.324 e. The highest BCUT2D eigenvalue weighted by atomic mass is 35.5. The number of halogens is 3. The largest absolute Gasteiger partial charge is 0.421 e. The summed E-state index contributed by atoms with van der Waals surface area (Å²) in [6, 6.07) is 5.83. The van der Waals surface area contributed by atoms with Crippen LogP contribution in [0.15, 0.2) is 41.3 Å². The first kappa shape index (κ1) is 17.0. The number of ether oxygens (including phenoxy) is 1. The van der Waals surface area contributed by atoms with E-state index in [1.165, 1.54) is 10.6 Å². The summed E-state index contributed by atoms with van der Waals surface area (Å²) in [6.45, 7) is 1.68. The zero-order valence-corrected chi connectivity index (χ0v) is 14.0. The highest BCUT2D eigenvalue weighted by Crippen LogP contribution is 2.27. The van der Waals surface area contributed by atoms with Crippen LogP contribution >= 0.6 is 11.6 Å². The van der Waals surface area contributed by atoms with Gasteiger partial charge in [0.1, 0.15) is 11.0 Å². The molecule has 0 aliphatic heterocycles. The van der Waals surface area contributed by atoms with E-state index in [0.29, 0.717) is 22.9 Å². The van der Waals surface area contributed by atoms with Crippen molar-refractivity contribution in [3.05, 3.63) is 69.2 Å². The molecule has 0 atom stereocenters. The fourth-order valence-electron chi connectivity index (χ4n) is 2.26. The Bertz CT molecular complexity index is 995. The zero-order chi connectivity index (χ0) is 18.1. The van der Waals surface area contributed by atoms with Crippen LogP contribution in [-0.4, -0.2) is 14.5 Å². The molecule has 128 valence electrons. The number of hydrogen-bond donors (Lipinski definition) is 0. The van der Waals surface area contributed by atoms with Gasteiger partial charge in [-0.15, -0.1) is 0 Å². The second-order valence-corrected chi connectivity index (χ2v) is 5.75. The average Bonchev–Trinajstić information content (AvgIpc) is 2.54. The van der Waals surface area contributed by atoms with Crippen LogP contribution in [0.3, 0.4) is 0 Å². The van der Waals surface area contributed by atoms with Gasteiger partial charge in [-0.3, -0.25) is 4.79 Å². The molecule has 8 heteroatoms. The third-order valence-corrected chi connectivity index (χ3v) is 3.62. The minimum absolute atomic E-state index is 0.0778. The average molecular weight is 364 g/mol. The first-order valence-electron chi connectivity index (χ1n) is 7.18. The molecule has 0 fully saturated rings. The Morgan fingerprint density at radius 1 is 1.16 bits per heavy atom. The van der Waals surface area contributed by atoms with Crippen LogP contribution in [0.1, 0.15) is 5.56 Å². The van der Waals surface area contributed by atoms with Crippen molar-refractivity contribution < 1.29 is 13.5 Å². The van der Waals surface area contributed by atoms with E-state index in [0.717, 1.165) is 12.1 Å². The Hall–Kier alpha value is -2.80. The van der Waals surface area contributed by atoms with E-state index in [4.69, 9.17) is 16.3 Å². The van der Waals surface area contributed by atoms with E-state index in [1.54, 1.807) is 26.2 Å². The molecule has 0 aliphatic carbocycles. The quantitative estimate of drug-likeness (QED) is 0.663.